The van der Waals surface area contributed by atoms with Crippen LogP contribution in [0.2, 0.25) is 0 Å². The van der Waals surface area contributed by atoms with E-state index in [0.717, 1.165) is 5.92 Å². The van der Waals surface area contributed by atoms with Crippen molar-refractivity contribution in [3.63, 3.8) is 0 Å². The first-order valence-corrected chi connectivity index (χ1v) is 6.79. The molecule has 0 heterocycles. The van der Waals surface area contributed by atoms with Gasteiger partial charge in [0.1, 0.15) is 0 Å². The zero-order valence-corrected chi connectivity index (χ0v) is 10.0. The lowest BCUT2D eigenvalue weighted by atomic mass is 9.85. The van der Waals surface area contributed by atoms with Crippen molar-refractivity contribution in [3.05, 3.63) is 0 Å². The molecule has 2 fully saturated rings. The number of rotatable bonds is 4. The maximum atomic E-state index is 5.79. The average molecular weight is 211 g/mol. The van der Waals surface area contributed by atoms with Crippen LogP contribution in [-0.2, 0) is 4.84 Å². The van der Waals surface area contributed by atoms with Crippen molar-refractivity contribution in [3.8, 4) is 0 Å². The third-order valence-corrected chi connectivity index (χ3v) is 4.06. The van der Waals surface area contributed by atoms with Gasteiger partial charge in [-0.2, -0.15) is 5.48 Å². The molecule has 88 valence electrons. The zero-order valence-electron chi connectivity index (χ0n) is 10.0. The summed E-state index contributed by atoms with van der Waals surface area (Å²) in [6.45, 7) is 2.31. The number of hydrogen-bond donors (Lipinski definition) is 1. The molecule has 2 aliphatic carbocycles. The van der Waals surface area contributed by atoms with Crippen molar-refractivity contribution in [2.75, 3.05) is 0 Å². The molecule has 2 unspecified atom stereocenters. The molecule has 0 saturated heterocycles. The molecule has 0 aliphatic heterocycles. The van der Waals surface area contributed by atoms with Crippen LogP contribution >= 0.6 is 0 Å². The molecule has 2 heteroatoms. The van der Waals surface area contributed by atoms with E-state index in [9.17, 15) is 0 Å². The smallest absolute Gasteiger partial charge is 0.0790 e. The van der Waals surface area contributed by atoms with E-state index < -0.39 is 0 Å². The van der Waals surface area contributed by atoms with E-state index in [1.165, 1.54) is 57.8 Å². The lowest BCUT2D eigenvalue weighted by molar-refractivity contribution is -0.0498. The summed E-state index contributed by atoms with van der Waals surface area (Å²) in [7, 11) is 0. The molecular weight excluding hydrogens is 186 g/mol. The van der Waals surface area contributed by atoms with E-state index in [0.29, 0.717) is 12.1 Å². The van der Waals surface area contributed by atoms with Crippen LogP contribution in [-0.4, -0.2) is 12.1 Å². The second-order valence-electron chi connectivity index (χ2n) is 5.28. The highest BCUT2D eigenvalue weighted by Crippen LogP contribution is 2.27. The molecule has 2 nitrogen and oxygen atoms in total. The van der Waals surface area contributed by atoms with Gasteiger partial charge in [-0.3, -0.25) is 4.84 Å². The van der Waals surface area contributed by atoms with Crippen LogP contribution in [0.3, 0.4) is 0 Å². The van der Waals surface area contributed by atoms with Crippen LogP contribution in [0.5, 0.6) is 0 Å². The van der Waals surface area contributed by atoms with E-state index in [2.05, 4.69) is 12.4 Å². The Morgan fingerprint density at radius 2 is 1.87 bits per heavy atom. The van der Waals surface area contributed by atoms with Gasteiger partial charge in [0.2, 0.25) is 0 Å². The van der Waals surface area contributed by atoms with E-state index in [4.69, 9.17) is 4.84 Å². The summed E-state index contributed by atoms with van der Waals surface area (Å²) in [6.07, 6.45) is 12.5. The Morgan fingerprint density at radius 3 is 2.60 bits per heavy atom. The zero-order chi connectivity index (χ0) is 10.5. The van der Waals surface area contributed by atoms with Gasteiger partial charge in [-0.05, 0) is 31.6 Å². The molecule has 0 aromatic rings. The van der Waals surface area contributed by atoms with Crippen LogP contribution in [0.15, 0.2) is 0 Å². The second-order valence-corrected chi connectivity index (χ2v) is 5.28. The highest BCUT2D eigenvalue weighted by atomic mass is 16.7. The summed E-state index contributed by atoms with van der Waals surface area (Å²) in [5, 5.41) is 0. The van der Waals surface area contributed by atoms with Crippen molar-refractivity contribution < 1.29 is 4.84 Å². The van der Waals surface area contributed by atoms with Gasteiger partial charge in [0.15, 0.2) is 0 Å². The average Bonchev–Trinajstić information content (AvgIpc) is 2.79. The largest absolute Gasteiger partial charge is 0.298 e. The molecule has 2 rings (SSSR count). The first kappa shape index (κ1) is 11.4. The van der Waals surface area contributed by atoms with Crippen molar-refractivity contribution in [1.82, 2.24) is 5.48 Å². The number of nitrogens with one attached hydrogen (secondary N) is 1. The van der Waals surface area contributed by atoms with Gasteiger partial charge in [-0.15, -0.1) is 0 Å². The molecule has 1 N–H and O–H groups in total. The summed E-state index contributed by atoms with van der Waals surface area (Å²) in [5.74, 6) is 0.934. The molecule has 0 aromatic heterocycles. The van der Waals surface area contributed by atoms with E-state index in [1.807, 2.05) is 0 Å². The summed E-state index contributed by atoms with van der Waals surface area (Å²) in [5.41, 5.74) is 3.33. The molecule has 0 amide bonds. The first-order valence-electron chi connectivity index (χ1n) is 6.79. The third kappa shape index (κ3) is 3.46. The highest BCUT2D eigenvalue weighted by molar-refractivity contribution is 4.75. The van der Waals surface area contributed by atoms with Gasteiger partial charge in [-0.1, -0.05) is 39.0 Å². The highest BCUT2D eigenvalue weighted by Gasteiger charge is 2.22. The molecular formula is C13H25NO. The lowest BCUT2D eigenvalue weighted by Crippen LogP contribution is -2.36. The van der Waals surface area contributed by atoms with Crippen molar-refractivity contribution in [1.29, 1.82) is 0 Å². The van der Waals surface area contributed by atoms with Crippen LogP contribution in [0.1, 0.15) is 64.7 Å². The fourth-order valence-electron chi connectivity index (χ4n) is 2.97. The molecule has 0 radical (unpaired) electrons. The second kappa shape index (κ2) is 5.86. The summed E-state index contributed by atoms with van der Waals surface area (Å²) in [4.78, 5) is 5.79. The quantitative estimate of drug-likeness (QED) is 0.719. The van der Waals surface area contributed by atoms with Gasteiger partial charge in [0, 0.05) is 6.04 Å². The predicted molar refractivity (Wildman–Crippen MR) is 62.5 cm³/mol. The Balaban J connectivity index is 1.65. The summed E-state index contributed by atoms with van der Waals surface area (Å²) >= 11 is 0. The monoisotopic (exact) mass is 211 g/mol. The topological polar surface area (TPSA) is 21.3 Å². The lowest BCUT2D eigenvalue weighted by Gasteiger charge is -2.29. The van der Waals surface area contributed by atoms with Crippen molar-refractivity contribution in [2.45, 2.75) is 76.9 Å². The third-order valence-electron chi connectivity index (χ3n) is 4.06. The Hall–Kier alpha value is -0.0800. The maximum Gasteiger partial charge on any atom is 0.0790 e. The van der Waals surface area contributed by atoms with Crippen LogP contribution in [0.25, 0.3) is 0 Å². The Kier molecular flexibility index (Phi) is 4.45. The van der Waals surface area contributed by atoms with E-state index >= 15 is 0 Å². The Bertz CT molecular complexity index is 177. The fraction of sp³-hybridized carbons (Fsp3) is 1.00. The molecule has 2 saturated carbocycles. The van der Waals surface area contributed by atoms with Gasteiger partial charge in [0.05, 0.1) is 6.10 Å². The maximum absolute atomic E-state index is 5.79. The Labute approximate surface area is 93.7 Å². The number of hydroxylamine groups is 1. The minimum Gasteiger partial charge on any atom is -0.298 e. The molecule has 2 aliphatic rings. The van der Waals surface area contributed by atoms with Gasteiger partial charge >= 0.3 is 0 Å². The molecule has 15 heavy (non-hydrogen) atoms. The van der Waals surface area contributed by atoms with Crippen LogP contribution < -0.4 is 5.48 Å². The summed E-state index contributed by atoms with van der Waals surface area (Å²) < 4.78 is 0. The van der Waals surface area contributed by atoms with E-state index in [1.54, 1.807) is 0 Å². The van der Waals surface area contributed by atoms with Crippen molar-refractivity contribution in [2.24, 2.45) is 5.92 Å². The van der Waals surface area contributed by atoms with Crippen molar-refractivity contribution >= 4 is 0 Å². The fourth-order valence-corrected chi connectivity index (χ4v) is 2.97. The van der Waals surface area contributed by atoms with Gasteiger partial charge < -0.3 is 0 Å². The minimum atomic E-state index is 0.506. The van der Waals surface area contributed by atoms with Gasteiger partial charge in [-0.25, -0.2) is 0 Å². The van der Waals surface area contributed by atoms with Crippen LogP contribution in [0, 0.1) is 5.92 Å². The Morgan fingerprint density at radius 1 is 1.07 bits per heavy atom. The predicted octanol–water partition coefficient (Wildman–Crippen LogP) is 3.42. The normalized spacial score (nSPS) is 33.4. The summed E-state index contributed by atoms with van der Waals surface area (Å²) in [6, 6.07) is 0.629. The molecule has 0 spiro atoms. The molecule has 2 atom stereocenters. The number of hydrogen-bond acceptors (Lipinski definition) is 2. The van der Waals surface area contributed by atoms with Gasteiger partial charge in [0.25, 0.3) is 0 Å². The molecule has 0 bridgehead atoms. The SMILES string of the molecule is CCC1CCCC(NOC2CCCC2)C1. The standard InChI is InChI=1S/C13H25NO/c1-2-11-6-5-7-12(10-11)14-15-13-8-3-4-9-13/h11-14H,2-10H2,1H3. The minimum absolute atomic E-state index is 0.506. The van der Waals surface area contributed by atoms with Crippen LogP contribution in [0.4, 0.5) is 0 Å². The molecule has 0 aromatic carbocycles. The van der Waals surface area contributed by atoms with E-state index in [-0.39, 0.29) is 0 Å². The first-order chi connectivity index (χ1) is 7.38.